The molecule has 0 amide bonds. The highest BCUT2D eigenvalue weighted by molar-refractivity contribution is 5.27. The summed E-state index contributed by atoms with van der Waals surface area (Å²) in [5.41, 5.74) is 1.13. The van der Waals surface area contributed by atoms with Crippen molar-refractivity contribution >= 4 is 0 Å². The van der Waals surface area contributed by atoms with E-state index in [-0.39, 0.29) is 12.4 Å². The SMILES string of the molecule is OCCNCc1ccc(OCCOc2ccc(F)cc2)cc1. The molecule has 0 aliphatic rings. The van der Waals surface area contributed by atoms with Crippen molar-refractivity contribution in [2.45, 2.75) is 6.54 Å². The maximum Gasteiger partial charge on any atom is 0.123 e. The fourth-order valence-electron chi connectivity index (χ4n) is 1.87. The van der Waals surface area contributed by atoms with Crippen molar-refractivity contribution in [2.24, 2.45) is 0 Å². The minimum Gasteiger partial charge on any atom is -0.490 e. The van der Waals surface area contributed by atoms with Crippen molar-refractivity contribution in [2.75, 3.05) is 26.4 Å². The predicted octanol–water partition coefficient (Wildman–Crippen LogP) is 2.37. The summed E-state index contributed by atoms with van der Waals surface area (Å²) in [6.45, 7) is 2.24. The Hall–Kier alpha value is -2.11. The Labute approximate surface area is 129 Å². The fraction of sp³-hybridized carbons (Fsp3) is 0.294. The highest BCUT2D eigenvalue weighted by atomic mass is 19.1. The smallest absolute Gasteiger partial charge is 0.123 e. The van der Waals surface area contributed by atoms with Crippen molar-refractivity contribution in [3.05, 3.63) is 59.9 Å². The molecule has 0 atom stereocenters. The van der Waals surface area contributed by atoms with Gasteiger partial charge in [0.2, 0.25) is 0 Å². The summed E-state index contributed by atoms with van der Waals surface area (Å²) in [7, 11) is 0. The van der Waals surface area contributed by atoms with Crippen LogP contribution in [0.25, 0.3) is 0 Å². The highest BCUT2D eigenvalue weighted by Gasteiger charge is 1.98. The van der Waals surface area contributed by atoms with Crippen molar-refractivity contribution in [3.8, 4) is 11.5 Å². The zero-order valence-corrected chi connectivity index (χ0v) is 12.3. The second-order valence-corrected chi connectivity index (χ2v) is 4.70. The van der Waals surface area contributed by atoms with E-state index in [4.69, 9.17) is 14.6 Å². The molecule has 0 aliphatic carbocycles. The van der Waals surface area contributed by atoms with Crippen LogP contribution in [-0.2, 0) is 6.54 Å². The predicted molar refractivity (Wildman–Crippen MR) is 82.6 cm³/mol. The van der Waals surface area contributed by atoms with E-state index in [1.165, 1.54) is 12.1 Å². The van der Waals surface area contributed by atoms with Gasteiger partial charge in [-0.25, -0.2) is 4.39 Å². The van der Waals surface area contributed by atoms with Gasteiger partial charge in [0.1, 0.15) is 30.5 Å². The number of aliphatic hydroxyl groups is 1. The van der Waals surface area contributed by atoms with Crippen LogP contribution >= 0.6 is 0 Å². The molecule has 22 heavy (non-hydrogen) atoms. The molecule has 0 heterocycles. The molecule has 118 valence electrons. The van der Waals surface area contributed by atoms with E-state index in [0.29, 0.717) is 32.1 Å². The number of nitrogens with one attached hydrogen (secondary N) is 1. The molecule has 0 radical (unpaired) electrons. The van der Waals surface area contributed by atoms with Gasteiger partial charge < -0.3 is 19.9 Å². The molecule has 0 fully saturated rings. The topological polar surface area (TPSA) is 50.7 Å². The number of rotatable bonds is 9. The Morgan fingerprint density at radius 3 is 1.95 bits per heavy atom. The average Bonchev–Trinajstić information content (AvgIpc) is 2.55. The van der Waals surface area contributed by atoms with Crippen molar-refractivity contribution in [3.63, 3.8) is 0 Å². The zero-order valence-electron chi connectivity index (χ0n) is 12.3. The van der Waals surface area contributed by atoms with E-state index in [0.717, 1.165) is 11.3 Å². The van der Waals surface area contributed by atoms with Crippen LogP contribution in [-0.4, -0.2) is 31.5 Å². The Bertz CT molecular complexity index is 543. The number of hydrogen-bond acceptors (Lipinski definition) is 4. The van der Waals surface area contributed by atoms with Crippen LogP contribution in [0.5, 0.6) is 11.5 Å². The lowest BCUT2D eigenvalue weighted by Gasteiger charge is -2.09. The third-order valence-electron chi connectivity index (χ3n) is 2.98. The first-order chi connectivity index (χ1) is 10.8. The normalized spacial score (nSPS) is 10.5. The first-order valence-corrected chi connectivity index (χ1v) is 7.19. The van der Waals surface area contributed by atoms with E-state index in [9.17, 15) is 4.39 Å². The van der Waals surface area contributed by atoms with Crippen LogP contribution in [0, 0.1) is 5.82 Å². The number of benzene rings is 2. The van der Waals surface area contributed by atoms with E-state index in [1.807, 2.05) is 24.3 Å². The van der Waals surface area contributed by atoms with Gasteiger partial charge in [0, 0.05) is 13.1 Å². The molecule has 0 bridgehead atoms. The van der Waals surface area contributed by atoms with Crippen LogP contribution in [0.4, 0.5) is 4.39 Å². The highest BCUT2D eigenvalue weighted by Crippen LogP contribution is 2.13. The fourth-order valence-corrected chi connectivity index (χ4v) is 1.87. The molecule has 4 nitrogen and oxygen atoms in total. The molecule has 0 saturated carbocycles. The molecule has 2 aromatic rings. The number of aliphatic hydroxyl groups excluding tert-OH is 1. The van der Waals surface area contributed by atoms with Crippen molar-refractivity contribution < 1.29 is 19.0 Å². The monoisotopic (exact) mass is 305 g/mol. The minimum atomic E-state index is -0.280. The van der Waals surface area contributed by atoms with Crippen LogP contribution in [0.15, 0.2) is 48.5 Å². The van der Waals surface area contributed by atoms with E-state index >= 15 is 0 Å². The third-order valence-corrected chi connectivity index (χ3v) is 2.98. The quantitative estimate of drug-likeness (QED) is 0.698. The molecule has 2 aromatic carbocycles. The number of hydrogen-bond donors (Lipinski definition) is 2. The molecule has 5 heteroatoms. The number of halogens is 1. The van der Waals surface area contributed by atoms with Crippen LogP contribution < -0.4 is 14.8 Å². The van der Waals surface area contributed by atoms with Crippen LogP contribution in [0.1, 0.15) is 5.56 Å². The van der Waals surface area contributed by atoms with Gasteiger partial charge in [-0.3, -0.25) is 0 Å². The summed E-state index contributed by atoms with van der Waals surface area (Å²) < 4.78 is 23.7. The van der Waals surface area contributed by atoms with Gasteiger partial charge in [0.25, 0.3) is 0 Å². The van der Waals surface area contributed by atoms with Gasteiger partial charge in [-0.05, 0) is 42.0 Å². The molecule has 0 aliphatic heterocycles. The molecule has 0 aromatic heterocycles. The summed E-state index contributed by atoms with van der Waals surface area (Å²) >= 11 is 0. The lowest BCUT2D eigenvalue weighted by Crippen LogP contribution is -2.17. The van der Waals surface area contributed by atoms with E-state index in [2.05, 4.69) is 5.32 Å². The standard InChI is InChI=1S/C17H20FNO3/c18-15-3-7-17(8-4-15)22-12-11-21-16-5-1-14(2-6-16)13-19-9-10-20/h1-8,19-20H,9-13H2. The summed E-state index contributed by atoms with van der Waals surface area (Å²) in [6.07, 6.45) is 0. The molecule has 0 saturated heterocycles. The number of ether oxygens (including phenoxy) is 2. The average molecular weight is 305 g/mol. The second kappa shape index (κ2) is 9.02. The Kier molecular flexibility index (Phi) is 6.67. The molecule has 0 unspecified atom stereocenters. The van der Waals surface area contributed by atoms with E-state index in [1.54, 1.807) is 12.1 Å². The maximum atomic E-state index is 12.7. The Balaban J connectivity index is 1.67. The Morgan fingerprint density at radius 1 is 0.864 bits per heavy atom. The molecule has 2 rings (SSSR count). The Morgan fingerprint density at radius 2 is 1.41 bits per heavy atom. The molecule has 2 N–H and O–H groups in total. The lowest BCUT2D eigenvalue weighted by molar-refractivity contribution is 0.217. The summed E-state index contributed by atoms with van der Waals surface area (Å²) in [5, 5.41) is 11.8. The van der Waals surface area contributed by atoms with Crippen LogP contribution in [0.2, 0.25) is 0 Å². The van der Waals surface area contributed by atoms with Crippen molar-refractivity contribution in [1.82, 2.24) is 5.32 Å². The largest absolute Gasteiger partial charge is 0.490 e. The minimum absolute atomic E-state index is 0.134. The summed E-state index contributed by atoms with van der Waals surface area (Å²) in [6, 6.07) is 13.6. The van der Waals surface area contributed by atoms with E-state index < -0.39 is 0 Å². The zero-order chi connectivity index (χ0) is 15.6. The molecular weight excluding hydrogens is 285 g/mol. The van der Waals surface area contributed by atoms with Crippen LogP contribution in [0.3, 0.4) is 0 Å². The second-order valence-electron chi connectivity index (χ2n) is 4.70. The van der Waals surface area contributed by atoms with Gasteiger partial charge in [0.15, 0.2) is 0 Å². The first kappa shape index (κ1) is 16.3. The first-order valence-electron chi connectivity index (χ1n) is 7.19. The van der Waals surface area contributed by atoms with Gasteiger partial charge in [-0.15, -0.1) is 0 Å². The summed E-state index contributed by atoms with van der Waals surface area (Å²) in [4.78, 5) is 0. The lowest BCUT2D eigenvalue weighted by atomic mass is 10.2. The maximum absolute atomic E-state index is 12.7. The molecular formula is C17H20FNO3. The molecule has 0 spiro atoms. The van der Waals surface area contributed by atoms with Gasteiger partial charge in [-0.1, -0.05) is 12.1 Å². The van der Waals surface area contributed by atoms with Gasteiger partial charge in [-0.2, -0.15) is 0 Å². The van der Waals surface area contributed by atoms with Gasteiger partial charge in [0.05, 0.1) is 6.61 Å². The summed E-state index contributed by atoms with van der Waals surface area (Å²) in [5.74, 6) is 1.11. The third kappa shape index (κ3) is 5.71. The van der Waals surface area contributed by atoms with Crippen molar-refractivity contribution in [1.29, 1.82) is 0 Å². The van der Waals surface area contributed by atoms with Gasteiger partial charge >= 0.3 is 0 Å².